The summed E-state index contributed by atoms with van der Waals surface area (Å²) < 4.78 is 7.18. The van der Waals surface area contributed by atoms with Crippen molar-refractivity contribution in [2.45, 2.75) is 57.9 Å². The Morgan fingerprint density at radius 1 is 1.28 bits per heavy atom. The lowest BCUT2D eigenvalue weighted by Crippen LogP contribution is -2.08. The van der Waals surface area contributed by atoms with E-state index in [9.17, 15) is 0 Å². The number of aryl methyl sites for hydroxylation is 1. The summed E-state index contributed by atoms with van der Waals surface area (Å²) in [6.07, 6.45) is 6.68. The molecule has 0 unspecified atom stereocenters. The van der Waals surface area contributed by atoms with E-state index in [-0.39, 0.29) is 0 Å². The van der Waals surface area contributed by atoms with Gasteiger partial charge in [0.05, 0.1) is 18.1 Å². The molecule has 7 nitrogen and oxygen atoms in total. The second-order valence-electron chi connectivity index (χ2n) is 7.15. The van der Waals surface area contributed by atoms with Gasteiger partial charge >= 0.3 is 0 Å². The molecule has 3 aromatic heterocycles. The van der Waals surface area contributed by atoms with Crippen LogP contribution in [0.2, 0.25) is 0 Å². The van der Waals surface area contributed by atoms with Crippen molar-refractivity contribution in [2.24, 2.45) is 7.05 Å². The molecule has 1 N–H and O–H groups in total. The number of rotatable bonds is 5. The summed E-state index contributed by atoms with van der Waals surface area (Å²) in [4.78, 5) is 9.59. The van der Waals surface area contributed by atoms with Gasteiger partial charge in [-0.25, -0.2) is 9.97 Å². The van der Waals surface area contributed by atoms with Crippen molar-refractivity contribution < 1.29 is 4.52 Å². The number of fused-ring (bicyclic) bond motifs is 1. The van der Waals surface area contributed by atoms with E-state index in [0.29, 0.717) is 18.4 Å². The van der Waals surface area contributed by atoms with Crippen LogP contribution in [0.5, 0.6) is 0 Å². The highest BCUT2D eigenvalue weighted by atomic mass is 16.5. The van der Waals surface area contributed by atoms with Gasteiger partial charge in [0.2, 0.25) is 0 Å². The van der Waals surface area contributed by atoms with E-state index in [1.165, 1.54) is 25.7 Å². The first-order valence-electron chi connectivity index (χ1n) is 9.01. The minimum Gasteiger partial charge on any atom is -0.364 e. The van der Waals surface area contributed by atoms with Crippen molar-refractivity contribution in [3.8, 4) is 0 Å². The first kappa shape index (κ1) is 16.1. The monoisotopic (exact) mass is 340 g/mol. The molecule has 0 atom stereocenters. The number of anilines is 1. The number of nitrogens with one attached hydrogen (secondary N) is 1. The third-order valence-electron chi connectivity index (χ3n) is 4.91. The molecule has 3 aromatic rings. The van der Waals surface area contributed by atoms with E-state index in [0.717, 1.165) is 34.1 Å². The summed E-state index contributed by atoms with van der Waals surface area (Å²) in [5.74, 6) is 3.45. The van der Waals surface area contributed by atoms with Crippen LogP contribution in [-0.4, -0.2) is 24.9 Å². The minimum absolute atomic E-state index is 0.333. The molecule has 0 spiro atoms. The summed E-state index contributed by atoms with van der Waals surface area (Å²) in [6, 6.07) is 2.00. The molecular weight excluding hydrogens is 316 g/mol. The van der Waals surface area contributed by atoms with Crippen LogP contribution in [0.15, 0.2) is 16.8 Å². The quantitative estimate of drug-likeness (QED) is 0.762. The van der Waals surface area contributed by atoms with Gasteiger partial charge in [0.1, 0.15) is 23.1 Å². The molecule has 7 heteroatoms. The Morgan fingerprint density at radius 2 is 2.08 bits per heavy atom. The van der Waals surface area contributed by atoms with E-state index in [1.807, 2.05) is 24.0 Å². The van der Waals surface area contributed by atoms with Crippen molar-refractivity contribution in [3.63, 3.8) is 0 Å². The van der Waals surface area contributed by atoms with Crippen LogP contribution in [-0.2, 0) is 13.6 Å². The van der Waals surface area contributed by atoms with Crippen molar-refractivity contribution in [3.05, 3.63) is 29.5 Å². The Kier molecular flexibility index (Phi) is 4.15. The zero-order chi connectivity index (χ0) is 17.4. The molecule has 0 bridgehead atoms. The SMILES string of the molecule is CC(C)c1cc(CNc2nc(C3CCCC3)nc3c2cnn3C)no1. The molecule has 0 radical (unpaired) electrons. The van der Waals surface area contributed by atoms with Crippen molar-refractivity contribution >= 4 is 16.9 Å². The summed E-state index contributed by atoms with van der Waals surface area (Å²) in [6.45, 7) is 4.76. The molecule has 1 saturated carbocycles. The molecule has 1 aliphatic carbocycles. The fourth-order valence-electron chi connectivity index (χ4n) is 3.40. The molecule has 1 fully saturated rings. The fourth-order valence-corrected chi connectivity index (χ4v) is 3.40. The Labute approximate surface area is 146 Å². The van der Waals surface area contributed by atoms with Crippen LogP contribution in [0.4, 0.5) is 5.82 Å². The maximum absolute atomic E-state index is 5.37. The first-order valence-corrected chi connectivity index (χ1v) is 9.01. The van der Waals surface area contributed by atoms with Crippen LogP contribution in [0, 0.1) is 0 Å². The molecule has 25 heavy (non-hydrogen) atoms. The normalized spacial score (nSPS) is 15.5. The van der Waals surface area contributed by atoms with E-state index < -0.39 is 0 Å². The number of hydrogen-bond acceptors (Lipinski definition) is 6. The molecular formula is C18H24N6O. The van der Waals surface area contributed by atoms with Crippen LogP contribution >= 0.6 is 0 Å². The van der Waals surface area contributed by atoms with Gasteiger partial charge in [-0.15, -0.1) is 0 Å². The average Bonchev–Trinajstić information content (AvgIpc) is 3.34. The van der Waals surface area contributed by atoms with E-state index in [2.05, 4.69) is 29.4 Å². The van der Waals surface area contributed by atoms with Gasteiger partial charge < -0.3 is 9.84 Å². The molecule has 0 aromatic carbocycles. The van der Waals surface area contributed by atoms with Gasteiger partial charge in [-0.1, -0.05) is 31.8 Å². The van der Waals surface area contributed by atoms with E-state index in [4.69, 9.17) is 14.5 Å². The third-order valence-corrected chi connectivity index (χ3v) is 4.91. The summed E-state index contributed by atoms with van der Waals surface area (Å²) in [5, 5.41) is 12.8. The highest BCUT2D eigenvalue weighted by Gasteiger charge is 2.22. The zero-order valence-corrected chi connectivity index (χ0v) is 15.0. The third kappa shape index (κ3) is 3.10. The van der Waals surface area contributed by atoms with Crippen LogP contribution in [0.1, 0.15) is 68.6 Å². The largest absolute Gasteiger partial charge is 0.364 e. The minimum atomic E-state index is 0.333. The molecule has 1 aliphatic rings. The maximum Gasteiger partial charge on any atom is 0.163 e. The Bertz CT molecular complexity index is 875. The number of aromatic nitrogens is 5. The van der Waals surface area contributed by atoms with Crippen molar-refractivity contribution in [1.82, 2.24) is 24.9 Å². The van der Waals surface area contributed by atoms with Crippen LogP contribution < -0.4 is 5.32 Å². The van der Waals surface area contributed by atoms with E-state index in [1.54, 1.807) is 0 Å². The topological polar surface area (TPSA) is 81.7 Å². The Balaban J connectivity index is 1.62. The zero-order valence-electron chi connectivity index (χ0n) is 15.0. The lowest BCUT2D eigenvalue weighted by molar-refractivity contribution is 0.366. The van der Waals surface area contributed by atoms with Crippen LogP contribution in [0.3, 0.4) is 0 Å². The second kappa shape index (κ2) is 6.46. The van der Waals surface area contributed by atoms with Gasteiger partial charge in [0.25, 0.3) is 0 Å². The van der Waals surface area contributed by atoms with Crippen LogP contribution in [0.25, 0.3) is 11.0 Å². The molecule has 0 amide bonds. The second-order valence-corrected chi connectivity index (χ2v) is 7.15. The summed E-state index contributed by atoms with van der Waals surface area (Å²) in [7, 11) is 1.92. The molecule has 132 valence electrons. The van der Waals surface area contributed by atoms with Gasteiger partial charge in [-0.05, 0) is 12.8 Å². The van der Waals surface area contributed by atoms with Crippen molar-refractivity contribution in [2.75, 3.05) is 5.32 Å². The fraction of sp³-hybridized carbons (Fsp3) is 0.556. The standard InChI is InChI=1S/C18H24N6O/c1-11(2)15-8-13(23-25-15)9-19-17-14-10-20-24(3)18(14)22-16(21-17)12-6-4-5-7-12/h8,10-12H,4-7,9H2,1-3H3,(H,19,21,22). The predicted octanol–water partition coefficient (Wildman–Crippen LogP) is 3.74. The average molecular weight is 340 g/mol. The summed E-state index contributed by atoms with van der Waals surface area (Å²) in [5.41, 5.74) is 1.75. The van der Waals surface area contributed by atoms with Gasteiger partial charge in [0, 0.05) is 24.9 Å². The molecule has 0 aliphatic heterocycles. The number of hydrogen-bond donors (Lipinski definition) is 1. The highest BCUT2D eigenvalue weighted by Crippen LogP contribution is 2.34. The Hall–Kier alpha value is -2.44. The summed E-state index contributed by atoms with van der Waals surface area (Å²) >= 11 is 0. The highest BCUT2D eigenvalue weighted by molar-refractivity contribution is 5.86. The first-order chi connectivity index (χ1) is 12.1. The molecule has 3 heterocycles. The molecule has 0 saturated heterocycles. The van der Waals surface area contributed by atoms with Gasteiger partial charge in [0.15, 0.2) is 5.65 Å². The predicted molar refractivity (Wildman–Crippen MR) is 95.4 cm³/mol. The van der Waals surface area contributed by atoms with Gasteiger partial charge in [-0.2, -0.15) is 5.10 Å². The maximum atomic E-state index is 5.37. The smallest absolute Gasteiger partial charge is 0.163 e. The van der Waals surface area contributed by atoms with E-state index >= 15 is 0 Å². The Morgan fingerprint density at radius 3 is 2.80 bits per heavy atom. The number of nitrogens with zero attached hydrogens (tertiary/aromatic N) is 5. The molecule has 4 rings (SSSR count). The van der Waals surface area contributed by atoms with Crippen molar-refractivity contribution in [1.29, 1.82) is 0 Å². The lowest BCUT2D eigenvalue weighted by Gasteiger charge is -2.11. The lowest BCUT2D eigenvalue weighted by atomic mass is 10.1. The van der Waals surface area contributed by atoms with Gasteiger partial charge in [-0.3, -0.25) is 4.68 Å².